The number of carbonyl (C=O) groups excluding carboxylic acids is 1. The van der Waals surface area contributed by atoms with Crippen LogP contribution in [0.1, 0.15) is 24.8 Å². The third-order valence-electron chi connectivity index (χ3n) is 3.89. The van der Waals surface area contributed by atoms with E-state index in [2.05, 4.69) is 15.0 Å². The standard InChI is InChI=1S/C18H18ClN3O3S/c19-14-10-8-13(9-11-14)12-20-18(23)7-3-6-17-21-15-4-1-2-5-16(15)26(24,25)22-17/h1-2,4-5,8-11H,3,6-7,12H2,(H,20,23)(H,21,22). The summed E-state index contributed by atoms with van der Waals surface area (Å²) in [5.74, 6) is 0.258. The number of fused-ring (bicyclic) bond motifs is 1. The van der Waals surface area contributed by atoms with Crippen LogP contribution in [-0.2, 0) is 21.4 Å². The highest BCUT2D eigenvalue weighted by molar-refractivity contribution is 7.90. The van der Waals surface area contributed by atoms with Gasteiger partial charge >= 0.3 is 0 Å². The molecule has 0 unspecified atom stereocenters. The fourth-order valence-corrected chi connectivity index (χ4v) is 3.88. The highest BCUT2D eigenvalue weighted by Gasteiger charge is 2.23. The molecule has 1 heterocycles. The van der Waals surface area contributed by atoms with E-state index in [-0.39, 0.29) is 17.2 Å². The molecule has 0 bridgehead atoms. The number of nitrogens with one attached hydrogen (secondary N) is 2. The Kier molecular flexibility index (Phi) is 5.58. The monoisotopic (exact) mass is 391 g/mol. The van der Waals surface area contributed by atoms with E-state index >= 15 is 0 Å². The molecule has 0 saturated carbocycles. The van der Waals surface area contributed by atoms with Gasteiger partial charge in [-0.1, -0.05) is 35.9 Å². The third kappa shape index (κ3) is 4.62. The molecule has 136 valence electrons. The molecule has 0 atom stereocenters. The molecule has 2 N–H and O–H groups in total. The maximum atomic E-state index is 12.1. The van der Waals surface area contributed by atoms with Crippen molar-refractivity contribution in [1.29, 1.82) is 0 Å². The maximum absolute atomic E-state index is 12.1. The van der Waals surface area contributed by atoms with E-state index in [1.54, 1.807) is 30.3 Å². The number of benzene rings is 2. The molecule has 8 heteroatoms. The number of carbonyl (C=O) groups is 1. The summed E-state index contributed by atoms with van der Waals surface area (Å²) < 4.78 is 28.1. The summed E-state index contributed by atoms with van der Waals surface area (Å²) in [6.45, 7) is 0.428. The molecule has 0 fully saturated rings. The van der Waals surface area contributed by atoms with E-state index in [0.717, 1.165) is 5.56 Å². The van der Waals surface area contributed by atoms with Crippen molar-refractivity contribution in [2.45, 2.75) is 30.7 Å². The Morgan fingerprint density at radius 2 is 1.85 bits per heavy atom. The van der Waals surface area contributed by atoms with Crippen LogP contribution in [-0.4, -0.2) is 20.2 Å². The van der Waals surface area contributed by atoms with Crippen molar-refractivity contribution in [2.24, 2.45) is 4.40 Å². The molecule has 0 radical (unpaired) electrons. The van der Waals surface area contributed by atoms with Crippen molar-refractivity contribution in [3.63, 3.8) is 0 Å². The van der Waals surface area contributed by atoms with Crippen molar-refractivity contribution in [3.05, 3.63) is 59.1 Å². The van der Waals surface area contributed by atoms with E-state index in [4.69, 9.17) is 11.6 Å². The minimum absolute atomic E-state index is 0.0976. The Hall–Kier alpha value is -2.38. The van der Waals surface area contributed by atoms with Crippen molar-refractivity contribution in [1.82, 2.24) is 5.32 Å². The van der Waals surface area contributed by atoms with Crippen molar-refractivity contribution >= 4 is 39.1 Å². The van der Waals surface area contributed by atoms with E-state index in [1.165, 1.54) is 6.07 Å². The molecule has 26 heavy (non-hydrogen) atoms. The molecule has 1 amide bonds. The SMILES string of the molecule is O=C(CCCC1=NS(=O)(=O)c2ccccc2N1)NCc1ccc(Cl)cc1. The number of hydrogen-bond acceptors (Lipinski definition) is 4. The normalized spacial score (nSPS) is 14.7. The van der Waals surface area contributed by atoms with Gasteiger partial charge in [0, 0.05) is 24.4 Å². The minimum atomic E-state index is -3.68. The first kappa shape index (κ1) is 18.4. The quantitative estimate of drug-likeness (QED) is 0.790. The van der Waals surface area contributed by atoms with Gasteiger partial charge in [0.15, 0.2) is 0 Å². The summed E-state index contributed by atoms with van der Waals surface area (Å²) in [7, 11) is -3.68. The second kappa shape index (κ2) is 7.88. The lowest BCUT2D eigenvalue weighted by Gasteiger charge is -2.17. The number of hydrogen-bond donors (Lipinski definition) is 2. The van der Waals surface area contributed by atoms with Gasteiger partial charge in [-0.3, -0.25) is 4.79 Å². The molecule has 1 aliphatic rings. The van der Waals surface area contributed by atoms with Crippen LogP contribution in [0.25, 0.3) is 0 Å². The number of halogens is 1. The van der Waals surface area contributed by atoms with Crippen LogP contribution in [0.15, 0.2) is 57.8 Å². The summed E-state index contributed by atoms with van der Waals surface area (Å²) in [6.07, 6.45) is 1.16. The second-order valence-electron chi connectivity index (χ2n) is 5.89. The fraction of sp³-hybridized carbons (Fsp3) is 0.222. The van der Waals surface area contributed by atoms with Gasteiger partial charge in [-0.05, 0) is 36.2 Å². The van der Waals surface area contributed by atoms with Crippen LogP contribution in [0.5, 0.6) is 0 Å². The van der Waals surface area contributed by atoms with Crippen LogP contribution >= 0.6 is 11.6 Å². The van der Waals surface area contributed by atoms with Gasteiger partial charge in [0.05, 0.1) is 5.69 Å². The third-order valence-corrected chi connectivity index (χ3v) is 5.52. The summed E-state index contributed by atoms with van der Waals surface area (Å²) in [5.41, 5.74) is 1.48. The van der Waals surface area contributed by atoms with Crippen LogP contribution in [0.2, 0.25) is 5.02 Å². The van der Waals surface area contributed by atoms with Crippen molar-refractivity contribution in [3.8, 4) is 0 Å². The highest BCUT2D eigenvalue weighted by atomic mass is 35.5. The van der Waals surface area contributed by atoms with Gasteiger partial charge in [0.25, 0.3) is 10.0 Å². The molecular weight excluding hydrogens is 374 g/mol. The van der Waals surface area contributed by atoms with Crippen LogP contribution in [0, 0.1) is 0 Å². The van der Waals surface area contributed by atoms with Gasteiger partial charge in [-0.15, -0.1) is 4.40 Å². The summed E-state index contributed by atoms with van der Waals surface area (Å²) in [4.78, 5) is 12.1. The van der Waals surface area contributed by atoms with Gasteiger partial charge in [-0.25, -0.2) is 0 Å². The average Bonchev–Trinajstić information content (AvgIpc) is 2.61. The van der Waals surface area contributed by atoms with E-state index in [1.807, 2.05) is 12.1 Å². The predicted molar refractivity (Wildman–Crippen MR) is 102 cm³/mol. The molecule has 1 aliphatic heterocycles. The van der Waals surface area contributed by atoms with E-state index < -0.39 is 10.0 Å². The molecule has 3 rings (SSSR count). The largest absolute Gasteiger partial charge is 0.352 e. The Morgan fingerprint density at radius 3 is 2.62 bits per heavy atom. The molecule has 0 saturated heterocycles. The van der Waals surface area contributed by atoms with Crippen LogP contribution in [0.3, 0.4) is 0 Å². The number of amidine groups is 1. The highest BCUT2D eigenvalue weighted by Crippen LogP contribution is 2.27. The van der Waals surface area contributed by atoms with Crippen LogP contribution in [0.4, 0.5) is 5.69 Å². The number of para-hydroxylation sites is 1. The smallest absolute Gasteiger partial charge is 0.286 e. The minimum Gasteiger partial charge on any atom is -0.352 e. The average molecular weight is 392 g/mol. The Labute approximate surface area is 157 Å². The van der Waals surface area contributed by atoms with E-state index in [9.17, 15) is 13.2 Å². The lowest BCUT2D eigenvalue weighted by Crippen LogP contribution is -2.24. The summed E-state index contributed by atoms with van der Waals surface area (Å²) in [6, 6.07) is 13.9. The topological polar surface area (TPSA) is 87.6 Å². The summed E-state index contributed by atoms with van der Waals surface area (Å²) in [5, 5.41) is 6.49. The first-order valence-electron chi connectivity index (χ1n) is 8.15. The Bertz CT molecular complexity index is 940. The molecular formula is C18H18ClN3O3S. The zero-order valence-electron chi connectivity index (χ0n) is 13.9. The van der Waals surface area contributed by atoms with Gasteiger partial charge < -0.3 is 10.6 Å². The summed E-state index contributed by atoms with van der Waals surface area (Å²) >= 11 is 5.82. The number of sulfonamides is 1. The molecule has 0 aliphatic carbocycles. The molecule has 2 aromatic carbocycles. The molecule has 6 nitrogen and oxygen atoms in total. The zero-order valence-corrected chi connectivity index (χ0v) is 15.5. The zero-order chi connectivity index (χ0) is 18.6. The van der Waals surface area contributed by atoms with Gasteiger partial charge in [0.2, 0.25) is 5.91 Å². The van der Waals surface area contributed by atoms with Gasteiger partial charge in [-0.2, -0.15) is 8.42 Å². The number of rotatable bonds is 6. The lowest BCUT2D eigenvalue weighted by molar-refractivity contribution is -0.121. The first-order valence-corrected chi connectivity index (χ1v) is 9.97. The van der Waals surface area contributed by atoms with Crippen molar-refractivity contribution in [2.75, 3.05) is 5.32 Å². The van der Waals surface area contributed by atoms with Crippen molar-refractivity contribution < 1.29 is 13.2 Å². The molecule has 2 aromatic rings. The number of nitrogens with zero attached hydrogens (tertiary/aromatic N) is 1. The Morgan fingerprint density at radius 1 is 1.12 bits per heavy atom. The van der Waals surface area contributed by atoms with E-state index in [0.29, 0.717) is 35.9 Å². The Balaban J connectivity index is 1.48. The molecule has 0 spiro atoms. The maximum Gasteiger partial charge on any atom is 0.286 e. The number of amides is 1. The second-order valence-corrected chi connectivity index (χ2v) is 7.90. The van der Waals surface area contributed by atoms with Crippen LogP contribution < -0.4 is 10.6 Å². The van der Waals surface area contributed by atoms with Gasteiger partial charge in [0.1, 0.15) is 10.7 Å². The predicted octanol–water partition coefficient (Wildman–Crippen LogP) is 3.34. The molecule has 0 aromatic heterocycles. The fourth-order valence-electron chi connectivity index (χ4n) is 2.58. The number of anilines is 1. The lowest BCUT2D eigenvalue weighted by atomic mass is 10.2. The first-order chi connectivity index (χ1) is 12.4.